The molecule has 2 rings (SSSR count). The number of hydrogen-bond donors (Lipinski definition) is 2. The lowest BCUT2D eigenvalue weighted by molar-refractivity contribution is -0.120. The Kier molecular flexibility index (Phi) is 3.02. The first-order valence-corrected chi connectivity index (χ1v) is 6.00. The van der Waals surface area contributed by atoms with Crippen LogP contribution in [-0.4, -0.2) is 17.4 Å². The Morgan fingerprint density at radius 3 is 3.00 bits per heavy atom. The number of carbonyl (C=O) groups is 1. The van der Waals surface area contributed by atoms with Crippen molar-refractivity contribution < 1.29 is 4.79 Å². The van der Waals surface area contributed by atoms with E-state index in [2.05, 4.69) is 10.3 Å². The highest BCUT2D eigenvalue weighted by Crippen LogP contribution is 2.41. The Morgan fingerprint density at radius 1 is 1.80 bits per heavy atom. The van der Waals surface area contributed by atoms with Gasteiger partial charge in [0.05, 0.1) is 12.6 Å². The van der Waals surface area contributed by atoms with E-state index < -0.39 is 0 Å². The Morgan fingerprint density at radius 2 is 2.53 bits per heavy atom. The average molecular weight is 225 g/mol. The van der Waals surface area contributed by atoms with Gasteiger partial charge < -0.3 is 11.1 Å². The fourth-order valence-electron chi connectivity index (χ4n) is 1.56. The van der Waals surface area contributed by atoms with E-state index >= 15 is 0 Å². The second-order valence-corrected chi connectivity index (χ2v) is 4.80. The second kappa shape index (κ2) is 4.28. The van der Waals surface area contributed by atoms with Gasteiger partial charge in [-0.2, -0.15) is 0 Å². The molecule has 1 amide bonds. The molecule has 0 spiro atoms. The summed E-state index contributed by atoms with van der Waals surface area (Å²) in [5, 5.41) is 5.97. The van der Waals surface area contributed by atoms with Crippen LogP contribution < -0.4 is 11.1 Å². The number of aryl methyl sites for hydroxylation is 1. The van der Waals surface area contributed by atoms with Crippen LogP contribution in [0, 0.1) is 12.8 Å². The lowest BCUT2D eigenvalue weighted by Gasteiger charge is -2.14. The van der Waals surface area contributed by atoms with E-state index in [-0.39, 0.29) is 18.5 Å². The van der Waals surface area contributed by atoms with Crippen LogP contribution >= 0.6 is 11.3 Å². The Balaban J connectivity index is 2.09. The highest BCUT2D eigenvalue weighted by Gasteiger charge is 2.34. The molecule has 0 aromatic carbocycles. The van der Waals surface area contributed by atoms with Gasteiger partial charge in [-0.25, -0.2) is 4.98 Å². The summed E-state index contributed by atoms with van der Waals surface area (Å²) in [4.78, 5) is 15.7. The van der Waals surface area contributed by atoms with Crippen molar-refractivity contribution in [1.82, 2.24) is 10.3 Å². The molecule has 1 aliphatic rings. The molecule has 1 fully saturated rings. The summed E-state index contributed by atoms with van der Waals surface area (Å²) in [5.41, 5.74) is 6.31. The number of thiazole rings is 1. The Bertz CT molecular complexity index is 359. The van der Waals surface area contributed by atoms with Gasteiger partial charge in [0.2, 0.25) is 5.91 Å². The van der Waals surface area contributed by atoms with Gasteiger partial charge in [0.25, 0.3) is 0 Å². The number of nitrogens with one attached hydrogen (secondary N) is 1. The van der Waals surface area contributed by atoms with E-state index in [0.29, 0.717) is 5.92 Å². The van der Waals surface area contributed by atoms with Crippen molar-refractivity contribution in [2.45, 2.75) is 25.8 Å². The standard InChI is InChI=1S/C10H15N3OS/c1-6-5-15-10(12-6)9(7-2-3-7)13-8(14)4-11/h5,7,9H,2-4,11H2,1H3,(H,13,14). The molecule has 82 valence electrons. The van der Waals surface area contributed by atoms with Gasteiger partial charge >= 0.3 is 0 Å². The molecule has 1 atom stereocenters. The van der Waals surface area contributed by atoms with Crippen molar-refractivity contribution in [3.8, 4) is 0 Å². The lowest BCUT2D eigenvalue weighted by atomic mass is 10.2. The quantitative estimate of drug-likeness (QED) is 0.802. The predicted molar refractivity (Wildman–Crippen MR) is 59.5 cm³/mol. The van der Waals surface area contributed by atoms with Crippen molar-refractivity contribution in [2.24, 2.45) is 11.7 Å². The van der Waals surface area contributed by atoms with Gasteiger partial charge in [0.1, 0.15) is 5.01 Å². The Hall–Kier alpha value is -0.940. The van der Waals surface area contributed by atoms with E-state index in [1.807, 2.05) is 12.3 Å². The summed E-state index contributed by atoms with van der Waals surface area (Å²) in [6.07, 6.45) is 2.35. The van der Waals surface area contributed by atoms with Crippen LogP contribution in [0.25, 0.3) is 0 Å². The fourth-order valence-corrected chi connectivity index (χ4v) is 2.50. The molecule has 1 aromatic heterocycles. The first-order chi connectivity index (χ1) is 7.20. The van der Waals surface area contributed by atoms with Gasteiger partial charge in [0, 0.05) is 11.1 Å². The minimum absolute atomic E-state index is 0.0492. The molecule has 1 unspecified atom stereocenters. The highest BCUT2D eigenvalue weighted by molar-refractivity contribution is 7.09. The van der Waals surface area contributed by atoms with Crippen LogP contribution in [0.15, 0.2) is 5.38 Å². The second-order valence-electron chi connectivity index (χ2n) is 3.91. The van der Waals surface area contributed by atoms with E-state index in [4.69, 9.17) is 5.73 Å². The smallest absolute Gasteiger partial charge is 0.234 e. The zero-order valence-electron chi connectivity index (χ0n) is 8.69. The third kappa shape index (κ3) is 2.54. The van der Waals surface area contributed by atoms with Crippen LogP contribution in [0.4, 0.5) is 0 Å². The molecule has 1 aliphatic carbocycles. The maximum absolute atomic E-state index is 11.3. The van der Waals surface area contributed by atoms with Gasteiger partial charge in [0.15, 0.2) is 0 Å². The highest BCUT2D eigenvalue weighted by atomic mass is 32.1. The summed E-state index contributed by atoms with van der Waals surface area (Å²) in [5.74, 6) is 0.464. The molecule has 1 aromatic rings. The van der Waals surface area contributed by atoms with Crippen LogP contribution in [0.1, 0.15) is 29.6 Å². The summed E-state index contributed by atoms with van der Waals surface area (Å²) in [6, 6.07) is 0.0831. The summed E-state index contributed by atoms with van der Waals surface area (Å²) in [7, 11) is 0. The molecule has 5 heteroatoms. The van der Waals surface area contributed by atoms with Crippen molar-refractivity contribution in [3.05, 3.63) is 16.1 Å². The maximum atomic E-state index is 11.3. The molecule has 0 aliphatic heterocycles. The number of aromatic nitrogens is 1. The summed E-state index contributed by atoms with van der Waals surface area (Å²) in [6.45, 7) is 2.02. The molecule has 0 radical (unpaired) electrons. The number of rotatable bonds is 4. The van der Waals surface area contributed by atoms with Crippen LogP contribution in [0.5, 0.6) is 0 Å². The van der Waals surface area contributed by atoms with Gasteiger partial charge in [-0.15, -0.1) is 11.3 Å². The topological polar surface area (TPSA) is 68.0 Å². The van der Waals surface area contributed by atoms with E-state index in [0.717, 1.165) is 10.7 Å². The summed E-state index contributed by atoms with van der Waals surface area (Å²) >= 11 is 1.61. The van der Waals surface area contributed by atoms with Crippen LogP contribution in [0.3, 0.4) is 0 Å². The predicted octanol–water partition coefficient (Wildman–Crippen LogP) is 0.978. The molecule has 4 nitrogen and oxygen atoms in total. The molecule has 15 heavy (non-hydrogen) atoms. The molecule has 3 N–H and O–H groups in total. The molecule has 1 heterocycles. The fraction of sp³-hybridized carbons (Fsp3) is 0.600. The first-order valence-electron chi connectivity index (χ1n) is 5.12. The largest absolute Gasteiger partial charge is 0.345 e. The molecular formula is C10H15N3OS. The number of amides is 1. The molecule has 0 bridgehead atoms. The van der Waals surface area contributed by atoms with Crippen LogP contribution in [0.2, 0.25) is 0 Å². The van der Waals surface area contributed by atoms with Gasteiger partial charge in [-0.3, -0.25) is 4.79 Å². The monoisotopic (exact) mass is 225 g/mol. The lowest BCUT2D eigenvalue weighted by Crippen LogP contribution is -2.34. The average Bonchev–Trinajstić information content (AvgIpc) is 2.97. The molecule has 1 saturated carbocycles. The maximum Gasteiger partial charge on any atom is 0.234 e. The number of hydrogen-bond acceptors (Lipinski definition) is 4. The first kappa shape index (κ1) is 10.6. The third-order valence-corrected chi connectivity index (χ3v) is 3.54. The van der Waals surface area contributed by atoms with Crippen molar-refractivity contribution in [3.63, 3.8) is 0 Å². The van der Waals surface area contributed by atoms with Crippen molar-refractivity contribution in [1.29, 1.82) is 0 Å². The zero-order chi connectivity index (χ0) is 10.8. The zero-order valence-corrected chi connectivity index (χ0v) is 9.51. The number of nitrogens with zero attached hydrogens (tertiary/aromatic N) is 1. The number of carbonyl (C=O) groups excluding carboxylic acids is 1. The van der Waals surface area contributed by atoms with Gasteiger partial charge in [-0.1, -0.05) is 0 Å². The number of nitrogens with two attached hydrogens (primary N) is 1. The SMILES string of the molecule is Cc1csc(C(NC(=O)CN)C2CC2)n1. The normalized spacial score (nSPS) is 17.5. The Labute approximate surface area is 92.9 Å². The van der Waals surface area contributed by atoms with E-state index in [1.54, 1.807) is 11.3 Å². The van der Waals surface area contributed by atoms with Crippen molar-refractivity contribution >= 4 is 17.2 Å². The van der Waals surface area contributed by atoms with Crippen LogP contribution in [-0.2, 0) is 4.79 Å². The van der Waals surface area contributed by atoms with Crippen molar-refractivity contribution in [2.75, 3.05) is 6.54 Å². The minimum Gasteiger partial charge on any atom is -0.345 e. The third-order valence-electron chi connectivity index (χ3n) is 2.50. The van der Waals surface area contributed by atoms with E-state index in [1.165, 1.54) is 12.8 Å². The van der Waals surface area contributed by atoms with E-state index in [9.17, 15) is 4.79 Å². The molecule has 0 saturated heterocycles. The minimum atomic E-state index is -0.0975. The summed E-state index contributed by atoms with van der Waals surface area (Å²) < 4.78 is 0. The van der Waals surface area contributed by atoms with Gasteiger partial charge in [-0.05, 0) is 25.7 Å². The molecular weight excluding hydrogens is 210 g/mol.